The predicted molar refractivity (Wildman–Crippen MR) is 175 cm³/mol. The predicted octanol–water partition coefficient (Wildman–Crippen LogP) is 6.16. The molecule has 0 bridgehead atoms. The Hall–Kier alpha value is -5.11. The number of carbonyl (C=O) groups is 3. The zero-order valence-corrected chi connectivity index (χ0v) is 27.2. The minimum absolute atomic E-state index is 0. The quantitative estimate of drug-likeness (QED) is 0.0597. The highest BCUT2D eigenvalue weighted by atomic mass is 35.5. The number of aldehydes is 1. The van der Waals surface area contributed by atoms with Crippen LogP contribution in [0.15, 0.2) is 101 Å². The Bertz CT molecular complexity index is 1410. The number of hydrogen-bond acceptors (Lipinski definition) is 9. The highest BCUT2D eigenvalue weighted by Gasteiger charge is 2.41. The van der Waals surface area contributed by atoms with Gasteiger partial charge in [-0.25, -0.2) is 0 Å². The molecule has 0 radical (unpaired) electrons. The fourth-order valence-electron chi connectivity index (χ4n) is 4.19. The molecular formula is C31H36ClF3N8O5. The maximum absolute atomic E-state index is 12.7. The summed E-state index contributed by atoms with van der Waals surface area (Å²) in [6, 6.07) is 26.7. The maximum atomic E-state index is 12.7. The number of benzene rings is 3. The third-order valence-electron chi connectivity index (χ3n) is 6.52. The summed E-state index contributed by atoms with van der Waals surface area (Å²) in [6.07, 6.45) is -5.70. The summed E-state index contributed by atoms with van der Waals surface area (Å²) in [5.74, 6) is -1.08. The van der Waals surface area contributed by atoms with Gasteiger partial charge < -0.3 is 15.2 Å². The van der Waals surface area contributed by atoms with Gasteiger partial charge in [0.2, 0.25) is 6.29 Å². The first-order valence-electron chi connectivity index (χ1n) is 13.8. The van der Waals surface area contributed by atoms with Gasteiger partial charge in [-0.2, -0.15) is 13.2 Å². The number of halogens is 4. The summed E-state index contributed by atoms with van der Waals surface area (Å²) in [6.45, 7) is 3.24. The molecule has 3 aromatic rings. The zero-order chi connectivity index (χ0) is 35.5. The number of alkyl halides is 3. The van der Waals surface area contributed by atoms with Crippen molar-refractivity contribution < 1.29 is 37.0 Å². The maximum Gasteiger partial charge on any atom is 0.446 e. The van der Waals surface area contributed by atoms with E-state index >= 15 is 0 Å². The number of esters is 2. The van der Waals surface area contributed by atoms with Gasteiger partial charge in [0.1, 0.15) is 12.1 Å². The largest absolute Gasteiger partial charge is 0.468 e. The first kappa shape index (κ1) is 42.9. The fraction of sp³-hybridized carbons (Fsp3) is 0.323. The van der Waals surface area contributed by atoms with E-state index in [1.165, 1.54) is 14.2 Å². The normalized spacial score (nSPS) is 12.8. The van der Waals surface area contributed by atoms with Crippen LogP contribution in [0.1, 0.15) is 30.5 Å². The third-order valence-corrected chi connectivity index (χ3v) is 6.52. The number of azide groups is 2. The molecule has 0 unspecified atom stereocenters. The van der Waals surface area contributed by atoms with E-state index in [0.29, 0.717) is 0 Å². The molecule has 0 saturated heterocycles. The summed E-state index contributed by atoms with van der Waals surface area (Å²) in [4.78, 5) is 37.5. The van der Waals surface area contributed by atoms with Gasteiger partial charge in [-0.15, -0.1) is 12.4 Å². The molecule has 0 aliphatic rings. The van der Waals surface area contributed by atoms with Crippen LogP contribution in [0.2, 0.25) is 0 Å². The topological polar surface area (TPSA) is 205 Å². The number of nitrogens with one attached hydrogen (secondary N) is 1. The highest BCUT2D eigenvalue weighted by Crippen LogP contribution is 2.37. The molecule has 4 atom stereocenters. The van der Waals surface area contributed by atoms with Gasteiger partial charge in [0, 0.05) is 9.82 Å². The molecule has 13 nitrogen and oxygen atoms in total. The van der Waals surface area contributed by atoms with E-state index in [1.807, 2.05) is 91.0 Å². The Morgan fingerprint density at radius 2 is 1.10 bits per heavy atom. The van der Waals surface area contributed by atoms with E-state index in [0.717, 1.165) is 16.7 Å². The average molecular weight is 693 g/mol. The molecule has 0 fully saturated rings. The monoisotopic (exact) mass is 692 g/mol. The van der Waals surface area contributed by atoms with Gasteiger partial charge >= 0.3 is 18.1 Å². The number of nitrogens with two attached hydrogens (primary N) is 1. The van der Waals surface area contributed by atoms with Crippen molar-refractivity contribution in [1.29, 1.82) is 0 Å². The number of carbonyl (C=O) groups excluding carboxylic acids is 3. The van der Waals surface area contributed by atoms with Crippen molar-refractivity contribution in [3.05, 3.63) is 129 Å². The number of hydrogen-bond donors (Lipinski definition) is 2. The standard InChI is InChI=1S/C24H24N4O2.C5H10N4O2.C2HF3O.ClH/c1-18(27-28-25)22(23(29)30-2)26-24(19-12-6-3-7-13-19,20-14-8-4-9-15-20)21-16-10-5-11-17-21;1-3(8-9-7)4(6)5(10)11-2;3-2(4,5)1-6;/h3-18,22,26H,1-2H3;3-4H,6H2,1-2H3;1H;1H/t18-,22+;3-,4+;;/m11../s1. The van der Waals surface area contributed by atoms with Crippen molar-refractivity contribution in [2.24, 2.45) is 16.0 Å². The molecule has 3 aromatic carbocycles. The lowest BCUT2D eigenvalue weighted by molar-refractivity contribution is -0.156. The van der Waals surface area contributed by atoms with Gasteiger partial charge in [0.05, 0.1) is 31.8 Å². The molecule has 0 saturated carbocycles. The molecule has 0 aromatic heterocycles. The van der Waals surface area contributed by atoms with Crippen molar-refractivity contribution in [2.75, 3.05) is 14.2 Å². The third kappa shape index (κ3) is 12.9. The summed E-state index contributed by atoms with van der Waals surface area (Å²) < 4.78 is 40.6. The Morgan fingerprint density at radius 3 is 1.40 bits per heavy atom. The zero-order valence-electron chi connectivity index (χ0n) is 26.4. The first-order chi connectivity index (χ1) is 22.3. The molecule has 0 aliphatic carbocycles. The van der Waals surface area contributed by atoms with E-state index in [-0.39, 0.29) is 12.4 Å². The summed E-state index contributed by atoms with van der Waals surface area (Å²) in [5, 5.41) is 10.5. The Labute approximate surface area is 281 Å². The van der Waals surface area contributed by atoms with E-state index in [1.54, 1.807) is 13.8 Å². The lowest BCUT2D eigenvalue weighted by Crippen LogP contribution is -2.56. The Morgan fingerprint density at radius 1 is 0.771 bits per heavy atom. The van der Waals surface area contributed by atoms with Crippen molar-refractivity contribution in [3.8, 4) is 0 Å². The van der Waals surface area contributed by atoms with E-state index in [9.17, 15) is 22.8 Å². The molecule has 3 N–H and O–H groups in total. The highest BCUT2D eigenvalue weighted by molar-refractivity contribution is 5.85. The van der Waals surface area contributed by atoms with Crippen molar-refractivity contribution in [2.45, 2.75) is 49.7 Å². The number of rotatable bonds is 11. The summed E-state index contributed by atoms with van der Waals surface area (Å²) in [5.41, 5.74) is 24.2. The van der Waals surface area contributed by atoms with E-state index < -0.39 is 54.1 Å². The van der Waals surface area contributed by atoms with Crippen LogP contribution in [0.4, 0.5) is 13.2 Å². The molecule has 0 heterocycles. The minimum Gasteiger partial charge on any atom is -0.468 e. The smallest absolute Gasteiger partial charge is 0.446 e. The second kappa shape index (κ2) is 21.6. The average Bonchev–Trinajstić information content (AvgIpc) is 3.09. The molecule has 0 spiro atoms. The molecule has 0 aliphatic heterocycles. The van der Waals surface area contributed by atoms with Crippen LogP contribution < -0.4 is 11.1 Å². The molecule has 48 heavy (non-hydrogen) atoms. The molecule has 258 valence electrons. The second-order valence-electron chi connectivity index (χ2n) is 9.59. The van der Waals surface area contributed by atoms with Crippen molar-refractivity contribution >= 4 is 30.6 Å². The SMILES string of the molecule is COC(=O)[C@@H](N)[C@@H](C)N=[N+]=[N-].COC(=O)[C@@H](NC(c1ccccc1)(c1ccccc1)c1ccccc1)[C@@H](C)N=[N+]=[N-].Cl.O=CC(F)(F)F. The number of methoxy groups -OCH3 is 2. The van der Waals surface area contributed by atoms with Gasteiger partial charge in [-0.3, -0.25) is 19.7 Å². The van der Waals surface area contributed by atoms with E-state index in [4.69, 9.17) is 26.3 Å². The number of nitrogens with zero attached hydrogens (tertiary/aromatic N) is 6. The van der Waals surface area contributed by atoms with Crippen LogP contribution in [-0.2, 0) is 29.4 Å². The van der Waals surface area contributed by atoms with Gasteiger partial charge in [-0.1, -0.05) is 115 Å². The lowest BCUT2D eigenvalue weighted by atomic mass is 9.76. The van der Waals surface area contributed by atoms with Crippen LogP contribution in [0, 0.1) is 0 Å². The molecule has 0 amide bonds. The summed E-state index contributed by atoms with van der Waals surface area (Å²) in [7, 11) is 2.56. The van der Waals surface area contributed by atoms with Crippen LogP contribution >= 0.6 is 12.4 Å². The van der Waals surface area contributed by atoms with E-state index in [2.05, 4.69) is 30.1 Å². The number of ether oxygens (including phenoxy) is 2. The van der Waals surface area contributed by atoms with Gasteiger partial charge in [-0.05, 0) is 27.8 Å². The summed E-state index contributed by atoms with van der Waals surface area (Å²) >= 11 is 0. The molecule has 3 rings (SSSR count). The lowest BCUT2D eigenvalue weighted by Gasteiger charge is -2.40. The second-order valence-corrected chi connectivity index (χ2v) is 9.59. The van der Waals surface area contributed by atoms with Crippen LogP contribution in [0.25, 0.3) is 20.9 Å². The Balaban J connectivity index is 0.00000102. The molecule has 17 heteroatoms. The fourth-order valence-corrected chi connectivity index (χ4v) is 4.19. The molecular weight excluding hydrogens is 657 g/mol. The Kier molecular flexibility index (Phi) is 19.3. The van der Waals surface area contributed by atoms with Crippen LogP contribution in [0.5, 0.6) is 0 Å². The first-order valence-corrected chi connectivity index (χ1v) is 13.8. The van der Waals surface area contributed by atoms with Crippen molar-refractivity contribution in [3.63, 3.8) is 0 Å². The van der Waals surface area contributed by atoms with Crippen LogP contribution in [0.3, 0.4) is 0 Å². The van der Waals surface area contributed by atoms with Gasteiger partial charge in [0.15, 0.2) is 0 Å². The van der Waals surface area contributed by atoms with Crippen molar-refractivity contribution in [1.82, 2.24) is 5.32 Å². The van der Waals surface area contributed by atoms with Gasteiger partial charge in [0.25, 0.3) is 0 Å². The van der Waals surface area contributed by atoms with Crippen LogP contribution in [-0.4, -0.2) is 62.8 Å². The minimum atomic E-state index is -4.64.